The van der Waals surface area contributed by atoms with Crippen molar-refractivity contribution < 1.29 is 24.2 Å². The van der Waals surface area contributed by atoms with Gasteiger partial charge in [-0.15, -0.1) is 0 Å². The van der Waals surface area contributed by atoms with Crippen molar-refractivity contribution in [1.29, 1.82) is 0 Å². The highest BCUT2D eigenvalue weighted by molar-refractivity contribution is 5.89. The number of carbonyl (C=O) groups excluding carboxylic acids is 2. The van der Waals surface area contributed by atoms with E-state index < -0.39 is 30.1 Å². The number of rotatable bonds is 9. The summed E-state index contributed by atoms with van der Waals surface area (Å²) < 4.78 is 5.14. The Kier molecular flexibility index (Phi) is 8.61. The van der Waals surface area contributed by atoms with Crippen molar-refractivity contribution in [2.45, 2.75) is 52.8 Å². The molecule has 0 aliphatic heterocycles. The highest BCUT2D eigenvalue weighted by Crippen LogP contribution is 2.09. The Morgan fingerprint density at radius 3 is 2.15 bits per heavy atom. The van der Waals surface area contributed by atoms with Crippen molar-refractivity contribution in [1.82, 2.24) is 10.6 Å². The first-order valence-electron chi connectivity index (χ1n) is 8.71. The molecule has 0 bridgehead atoms. The number of ether oxygens (including phenoxy) is 1. The van der Waals surface area contributed by atoms with Gasteiger partial charge in [0.05, 0.1) is 0 Å². The van der Waals surface area contributed by atoms with Crippen molar-refractivity contribution >= 4 is 18.0 Å². The maximum absolute atomic E-state index is 12.5. The summed E-state index contributed by atoms with van der Waals surface area (Å²) in [4.78, 5) is 35.8. The normalized spacial score (nSPS) is 13.2. The minimum absolute atomic E-state index is 0.0897. The standard InChI is InChI=1S/C19H28N2O5/c1-12(2)10-15(17(22)21-16(13(3)4)18(23)24)20-19(25)26-11-14-8-6-5-7-9-14/h5-9,12-13,15-16H,10-11H2,1-4H3,(H,20,25)(H,21,22)(H,23,24)/t15-,16-/m1/s1. The predicted octanol–water partition coefficient (Wildman–Crippen LogP) is 2.55. The number of nitrogens with one attached hydrogen (secondary N) is 2. The number of carboxylic acid groups (broad SMARTS) is 1. The van der Waals surface area contributed by atoms with Crippen LogP contribution < -0.4 is 10.6 Å². The van der Waals surface area contributed by atoms with Crippen LogP contribution in [0.25, 0.3) is 0 Å². The van der Waals surface area contributed by atoms with Crippen molar-refractivity contribution in [3.63, 3.8) is 0 Å². The second kappa shape index (κ2) is 10.4. The van der Waals surface area contributed by atoms with E-state index in [1.165, 1.54) is 0 Å². The van der Waals surface area contributed by atoms with E-state index in [4.69, 9.17) is 4.74 Å². The van der Waals surface area contributed by atoms with E-state index in [1.54, 1.807) is 13.8 Å². The van der Waals surface area contributed by atoms with E-state index in [9.17, 15) is 19.5 Å². The van der Waals surface area contributed by atoms with Gasteiger partial charge in [0.15, 0.2) is 0 Å². The fourth-order valence-electron chi connectivity index (χ4n) is 2.38. The van der Waals surface area contributed by atoms with Crippen LogP contribution in [0.15, 0.2) is 30.3 Å². The van der Waals surface area contributed by atoms with Crippen LogP contribution in [0.4, 0.5) is 4.79 Å². The first kappa shape index (κ1) is 21.5. The second-order valence-corrected chi connectivity index (χ2v) is 6.96. The average Bonchev–Trinajstić information content (AvgIpc) is 2.57. The highest BCUT2D eigenvalue weighted by atomic mass is 16.5. The van der Waals surface area contributed by atoms with Gasteiger partial charge in [-0.05, 0) is 23.8 Å². The van der Waals surface area contributed by atoms with Gasteiger partial charge in [-0.2, -0.15) is 0 Å². The van der Waals surface area contributed by atoms with E-state index in [0.717, 1.165) is 5.56 Å². The van der Waals surface area contributed by atoms with Gasteiger partial charge < -0.3 is 20.5 Å². The highest BCUT2D eigenvalue weighted by Gasteiger charge is 2.29. The van der Waals surface area contributed by atoms with Gasteiger partial charge in [0.2, 0.25) is 5.91 Å². The van der Waals surface area contributed by atoms with Crippen molar-refractivity contribution in [2.75, 3.05) is 0 Å². The van der Waals surface area contributed by atoms with Gasteiger partial charge >= 0.3 is 12.1 Å². The summed E-state index contributed by atoms with van der Waals surface area (Å²) in [6, 6.07) is 7.31. The topological polar surface area (TPSA) is 105 Å². The van der Waals surface area contributed by atoms with Crippen LogP contribution in [0, 0.1) is 11.8 Å². The third-order valence-corrected chi connectivity index (χ3v) is 3.76. The third kappa shape index (κ3) is 7.55. The Morgan fingerprint density at radius 2 is 1.65 bits per heavy atom. The zero-order chi connectivity index (χ0) is 19.7. The monoisotopic (exact) mass is 364 g/mol. The van der Waals surface area contributed by atoms with Gasteiger partial charge in [-0.1, -0.05) is 58.0 Å². The van der Waals surface area contributed by atoms with Crippen LogP contribution in [0.1, 0.15) is 39.7 Å². The summed E-state index contributed by atoms with van der Waals surface area (Å²) in [5.74, 6) is -1.79. The van der Waals surface area contributed by atoms with Gasteiger partial charge in [0, 0.05) is 0 Å². The summed E-state index contributed by atoms with van der Waals surface area (Å²) in [7, 11) is 0. The lowest BCUT2D eigenvalue weighted by atomic mass is 10.0. The zero-order valence-electron chi connectivity index (χ0n) is 15.7. The lowest BCUT2D eigenvalue weighted by Gasteiger charge is -2.24. The number of benzene rings is 1. The van der Waals surface area contributed by atoms with E-state index in [0.29, 0.717) is 6.42 Å². The Hall–Kier alpha value is -2.57. The van der Waals surface area contributed by atoms with E-state index in [2.05, 4.69) is 10.6 Å². The van der Waals surface area contributed by atoms with Crippen LogP contribution in [0.5, 0.6) is 0 Å². The zero-order valence-corrected chi connectivity index (χ0v) is 15.7. The number of hydrogen-bond donors (Lipinski definition) is 3. The number of amides is 2. The molecule has 26 heavy (non-hydrogen) atoms. The summed E-state index contributed by atoms with van der Waals surface area (Å²) in [6.07, 6.45) is -0.345. The van der Waals surface area contributed by atoms with Gasteiger partial charge in [-0.3, -0.25) is 4.79 Å². The molecule has 2 atom stereocenters. The second-order valence-electron chi connectivity index (χ2n) is 6.96. The molecule has 2 amide bonds. The quantitative estimate of drug-likeness (QED) is 0.625. The van der Waals surface area contributed by atoms with Gasteiger partial charge in [0.1, 0.15) is 18.7 Å². The van der Waals surface area contributed by atoms with Crippen LogP contribution in [-0.2, 0) is 20.9 Å². The Morgan fingerprint density at radius 1 is 1.04 bits per heavy atom. The van der Waals surface area contributed by atoms with E-state index in [-0.39, 0.29) is 18.4 Å². The molecule has 7 heteroatoms. The SMILES string of the molecule is CC(C)C[C@@H](NC(=O)OCc1ccccc1)C(=O)N[C@@H](C(=O)O)C(C)C. The molecule has 0 aliphatic rings. The smallest absolute Gasteiger partial charge is 0.408 e. The molecule has 0 spiro atoms. The maximum Gasteiger partial charge on any atom is 0.408 e. The van der Waals surface area contributed by atoms with Crippen LogP contribution in [-0.4, -0.2) is 35.2 Å². The van der Waals surface area contributed by atoms with Crippen molar-refractivity contribution in [3.8, 4) is 0 Å². The molecule has 1 rings (SSSR count). The van der Waals surface area contributed by atoms with Gasteiger partial charge in [-0.25, -0.2) is 9.59 Å². The van der Waals surface area contributed by atoms with Gasteiger partial charge in [0.25, 0.3) is 0 Å². The largest absolute Gasteiger partial charge is 0.480 e. The van der Waals surface area contributed by atoms with Crippen LogP contribution >= 0.6 is 0 Å². The van der Waals surface area contributed by atoms with Crippen LogP contribution in [0.2, 0.25) is 0 Å². The maximum atomic E-state index is 12.5. The summed E-state index contributed by atoms with van der Waals surface area (Å²) >= 11 is 0. The molecule has 1 aromatic carbocycles. The first-order chi connectivity index (χ1) is 12.2. The lowest BCUT2D eigenvalue weighted by molar-refractivity contribution is -0.143. The summed E-state index contributed by atoms with van der Waals surface area (Å²) in [5, 5.41) is 14.2. The Bertz CT molecular complexity index is 601. The minimum Gasteiger partial charge on any atom is -0.480 e. The predicted molar refractivity (Wildman–Crippen MR) is 97.4 cm³/mol. The molecule has 7 nitrogen and oxygen atoms in total. The summed E-state index contributed by atoms with van der Waals surface area (Å²) in [5.41, 5.74) is 0.832. The molecule has 0 heterocycles. The Balaban J connectivity index is 2.68. The first-order valence-corrected chi connectivity index (χ1v) is 8.71. The molecule has 1 aromatic rings. The molecule has 0 aromatic heterocycles. The molecule has 0 saturated carbocycles. The number of hydrogen-bond acceptors (Lipinski definition) is 4. The molecule has 0 saturated heterocycles. The fourth-order valence-corrected chi connectivity index (χ4v) is 2.38. The molecule has 0 unspecified atom stereocenters. The molecule has 3 N–H and O–H groups in total. The molecule has 0 aliphatic carbocycles. The third-order valence-electron chi connectivity index (χ3n) is 3.76. The van der Waals surface area contributed by atoms with Crippen LogP contribution in [0.3, 0.4) is 0 Å². The summed E-state index contributed by atoms with van der Waals surface area (Å²) in [6.45, 7) is 7.32. The molecule has 144 valence electrons. The minimum atomic E-state index is -1.11. The molecule has 0 radical (unpaired) electrons. The van der Waals surface area contributed by atoms with E-state index in [1.807, 2.05) is 44.2 Å². The number of alkyl carbamates (subject to hydrolysis) is 1. The average molecular weight is 364 g/mol. The molecular formula is C19H28N2O5. The van der Waals surface area contributed by atoms with E-state index >= 15 is 0 Å². The number of aliphatic carboxylic acids is 1. The van der Waals surface area contributed by atoms with Crippen molar-refractivity contribution in [2.24, 2.45) is 11.8 Å². The Labute approximate surface area is 154 Å². The fraction of sp³-hybridized carbons (Fsp3) is 0.526. The molecular weight excluding hydrogens is 336 g/mol. The number of carboxylic acids is 1. The lowest BCUT2D eigenvalue weighted by Crippen LogP contribution is -2.53. The number of carbonyl (C=O) groups is 3. The molecule has 0 fully saturated rings. The van der Waals surface area contributed by atoms with Crippen molar-refractivity contribution in [3.05, 3.63) is 35.9 Å².